The number of carbonyl (C=O) groups is 1. The second-order valence-electron chi connectivity index (χ2n) is 3.41. The average molecular weight is 224 g/mol. The van der Waals surface area contributed by atoms with Gasteiger partial charge in [0.2, 0.25) is 5.91 Å². The lowest BCUT2D eigenvalue weighted by atomic mass is 9.95. The summed E-state index contributed by atoms with van der Waals surface area (Å²) in [6.07, 6.45) is 4.74. The van der Waals surface area contributed by atoms with E-state index in [9.17, 15) is 4.79 Å². The number of alkyl halides is 2. The zero-order valence-electron chi connectivity index (χ0n) is 7.56. The summed E-state index contributed by atoms with van der Waals surface area (Å²) in [5.74, 6) is 0.401. The van der Waals surface area contributed by atoms with Crippen molar-refractivity contribution in [3.63, 3.8) is 0 Å². The molecule has 1 N–H and O–H groups in total. The number of rotatable bonds is 3. The molecule has 0 aromatic carbocycles. The molecule has 2 unspecified atom stereocenters. The minimum absolute atomic E-state index is 0.0209. The predicted octanol–water partition coefficient (Wildman–Crippen LogP) is 2.28. The molecule has 0 bridgehead atoms. The first-order valence-electron chi connectivity index (χ1n) is 4.73. The molecule has 1 amide bonds. The van der Waals surface area contributed by atoms with Gasteiger partial charge in [-0.25, -0.2) is 0 Å². The van der Waals surface area contributed by atoms with Gasteiger partial charge in [-0.05, 0) is 12.8 Å². The largest absolute Gasteiger partial charge is 0.352 e. The van der Waals surface area contributed by atoms with Gasteiger partial charge in [-0.3, -0.25) is 4.79 Å². The highest BCUT2D eigenvalue weighted by Crippen LogP contribution is 2.22. The number of hydrogen-bond donors (Lipinski definition) is 1. The molecule has 2 nitrogen and oxygen atoms in total. The lowest BCUT2D eigenvalue weighted by Crippen LogP contribution is -2.42. The van der Waals surface area contributed by atoms with Gasteiger partial charge in [-0.1, -0.05) is 12.8 Å². The monoisotopic (exact) mass is 223 g/mol. The van der Waals surface area contributed by atoms with Gasteiger partial charge in [-0.15, -0.1) is 23.2 Å². The molecule has 1 rings (SSSR count). The number of carbonyl (C=O) groups excluding carboxylic acids is 1. The molecule has 2 atom stereocenters. The third kappa shape index (κ3) is 3.74. The van der Waals surface area contributed by atoms with E-state index in [0.29, 0.717) is 12.3 Å². The highest BCUT2D eigenvalue weighted by molar-refractivity contribution is 6.21. The molecule has 13 heavy (non-hydrogen) atoms. The summed E-state index contributed by atoms with van der Waals surface area (Å²) in [7, 11) is 0. The van der Waals surface area contributed by atoms with Crippen LogP contribution in [-0.4, -0.2) is 23.2 Å². The Labute approximate surface area is 89.0 Å². The number of hydrogen-bond acceptors (Lipinski definition) is 1. The van der Waals surface area contributed by atoms with E-state index in [2.05, 4.69) is 5.32 Å². The van der Waals surface area contributed by atoms with Crippen molar-refractivity contribution in [2.24, 2.45) is 0 Å². The smallest absolute Gasteiger partial charge is 0.221 e. The van der Waals surface area contributed by atoms with Crippen molar-refractivity contribution in [2.75, 3.05) is 5.88 Å². The zero-order valence-corrected chi connectivity index (χ0v) is 9.07. The minimum atomic E-state index is 0.0209. The van der Waals surface area contributed by atoms with Gasteiger partial charge in [0.05, 0.1) is 5.38 Å². The maximum Gasteiger partial charge on any atom is 0.221 e. The van der Waals surface area contributed by atoms with Crippen LogP contribution in [-0.2, 0) is 4.79 Å². The van der Waals surface area contributed by atoms with Gasteiger partial charge in [0.15, 0.2) is 0 Å². The van der Waals surface area contributed by atoms with Crippen LogP contribution in [0.4, 0.5) is 0 Å². The van der Waals surface area contributed by atoms with E-state index in [-0.39, 0.29) is 17.3 Å². The van der Waals surface area contributed by atoms with Gasteiger partial charge in [0.1, 0.15) is 0 Å². The lowest BCUT2D eigenvalue weighted by Gasteiger charge is -2.27. The molecule has 0 radical (unpaired) electrons. The fraction of sp³-hybridized carbons (Fsp3) is 0.889. The number of halogens is 2. The predicted molar refractivity (Wildman–Crippen MR) is 55.4 cm³/mol. The van der Waals surface area contributed by atoms with E-state index in [1.54, 1.807) is 0 Å². The Morgan fingerprint density at radius 3 is 2.69 bits per heavy atom. The van der Waals surface area contributed by atoms with E-state index >= 15 is 0 Å². The Hall–Kier alpha value is 0.0500. The molecule has 0 heterocycles. The van der Waals surface area contributed by atoms with Gasteiger partial charge in [0.25, 0.3) is 0 Å². The summed E-state index contributed by atoms with van der Waals surface area (Å²) in [5, 5.41) is 3.02. The van der Waals surface area contributed by atoms with E-state index in [4.69, 9.17) is 23.2 Å². The molecule has 0 spiro atoms. The molecular formula is C9H15Cl2NO. The first-order valence-corrected chi connectivity index (χ1v) is 5.70. The fourth-order valence-electron chi connectivity index (χ4n) is 1.61. The Balaban J connectivity index is 2.29. The summed E-state index contributed by atoms with van der Waals surface area (Å²) < 4.78 is 0. The van der Waals surface area contributed by atoms with Crippen molar-refractivity contribution in [1.82, 2.24) is 5.32 Å². The molecule has 0 saturated heterocycles. The normalized spacial score (nSPS) is 28.5. The molecule has 0 aromatic heterocycles. The van der Waals surface area contributed by atoms with Crippen molar-refractivity contribution < 1.29 is 4.79 Å². The van der Waals surface area contributed by atoms with Gasteiger partial charge < -0.3 is 5.32 Å². The molecule has 76 valence electrons. The first kappa shape index (κ1) is 11.1. The molecule has 1 aliphatic carbocycles. The topological polar surface area (TPSA) is 29.1 Å². The molecule has 4 heteroatoms. The summed E-state index contributed by atoms with van der Waals surface area (Å²) in [6, 6.07) is 0.158. The fourth-order valence-corrected chi connectivity index (χ4v) is 2.13. The SMILES string of the molecule is O=C(CCCl)NC1CCCCC1Cl. The molecule has 0 aromatic rings. The van der Waals surface area contributed by atoms with Crippen molar-refractivity contribution in [1.29, 1.82) is 0 Å². The van der Waals surface area contributed by atoms with E-state index in [0.717, 1.165) is 19.3 Å². The standard InChI is InChI=1S/C9H15Cl2NO/c10-6-5-9(13)12-8-4-2-1-3-7(8)11/h7-8H,1-6H2,(H,12,13). The quantitative estimate of drug-likeness (QED) is 0.732. The number of nitrogens with one attached hydrogen (secondary N) is 1. The summed E-state index contributed by atoms with van der Waals surface area (Å²) in [6.45, 7) is 0. The van der Waals surface area contributed by atoms with E-state index in [1.165, 1.54) is 6.42 Å². The van der Waals surface area contributed by atoms with Crippen molar-refractivity contribution in [3.05, 3.63) is 0 Å². The molecular weight excluding hydrogens is 209 g/mol. The zero-order chi connectivity index (χ0) is 9.68. The van der Waals surface area contributed by atoms with Crippen molar-refractivity contribution in [3.8, 4) is 0 Å². The lowest BCUT2D eigenvalue weighted by molar-refractivity contribution is -0.121. The van der Waals surface area contributed by atoms with Crippen LogP contribution in [0.2, 0.25) is 0 Å². The highest BCUT2D eigenvalue weighted by atomic mass is 35.5. The minimum Gasteiger partial charge on any atom is -0.352 e. The second-order valence-corrected chi connectivity index (χ2v) is 4.35. The average Bonchev–Trinajstić information content (AvgIpc) is 2.09. The van der Waals surface area contributed by atoms with Crippen molar-refractivity contribution >= 4 is 29.1 Å². The second kappa shape index (κ2) is 5.71. The van der Waals surface area contributed by atoms with E-state index in [1.807, 2.05) is 0 Å². The van der Waals surface area contributed by atoms with Crippen LogP contribution >= 0.6 is 23.2 Å². The maximum atomic E-state index is 11.2. The summed E-state index contributed by atoms with van der Waals surface area (Å²) >= 11 is 11.5. The van der Waals surface area contributed by atoms with Crippen LogP contribution in [0.25, 0.3) is 0 Å². The van der Waals surface area contributed by atoms with Gasteiger partial charge >= 0.3 is 0 Å². The Morgan fingerprint density at radius 2 is 2.08 bits per heavy atom. The van der Waals surface area contributed by atoms with Crippen LogP contribution in [0.3, 0.4) is 0 Å². The van der Waals surface area contributed by atoms with Crippen LogP contribution in [0, 0.1) is 0 Å². The third-order valence-electron chi connectivity index (χ3n) is 2.35. The molecule has 0 aliphatic heterocycles. The number of amides is 1. The van der Waals surface area contributed by atoms with Gasteiger partial charge in [-0.2, -0.15) is 0 Å². The highest BCUT2D eigenvalue weighted by Gasteiger charge is 2.23. The summed E-state index contributed by atoms with van der Waals surface area (Å²) in [4.78, 5) is 11.2. The molecule has 1 saturated carbocycles. The van der Waals surface area contributed by atoms with Crippen LogP contribution in [0.5, 0.6) is 0 Å². The third-order valence-corrected chi connectivity index (χ3v) is 3.06. The first-order chi connectivity index (χ1) is 6.24. The van der Waals surface area contributed by atoms with Crippen LogP contribution < -0.4 is 5.32 Å². The molecule has 1 fully saturated rings. The van der Waals surface area contributed by atoms with Gasteiger partial charge in [0, 0.05) is 18.3 Å². The van der Waals surface area contributed by atoms with Crippen LogP contribution in [0.1, 0.15) is 32.1 Å². The molecule has 1 aliphatic rings. The van der Waals surface area contributed by atoms with Crippen LogP contribution in [0.15, 0.2) is 0 Å². The van der Waals surface area contributed by atoms with E-state index < -0.39 is 0 Å². The van der Waals surface area contributed by atoms with Crippen molar-refractivity contribution in [2.45, 2.75) is 43.5 Å². The maximum absolute atomic E-state index is 11.2. The Bertz CT molecular complexity index is 175. The Morgan fingerprint density at radius 1 is 1.38 bits per heavy atom. The Kier molecular flexibility index (Phi) is 4.89. The summed E-state index contributed by atoms with van der Waals surface area (Å²) in [5.41, 5.74) is 0.